The molecule has 6 heteroatoms. The van der Waals surface area contributed by atoms with E-state index in [0.29, 0.717) is 11.8 Å². The number of likely N-dealkylation sites (N-methyl/N-ethyl adjacent to an activating group) is 1. The molecule has 156 valence electrons. The minimum absolute atomic E-state index is 0.153. The van der Waals surface area contributed by atoms with E-state index in [1.54, 1.807) is 17.0 Å². The lowest BCUT2D eigenvalue weighted by atomic mass is 9.92. The number of benzene rings is 1. The van der Waals surface area contributed by atoms with Crippen LogP contribution in [0.4, 0.5) is 14.9 Å². The van der Waals surface area contributed by atoms with Crippen molar-refractivity contribution in [2.75, 3.05) is 39.1 Å². The molecule has 0 unspecified atom stereocenters. The summed E-state index contributed by atoms with van der Waals surface area (Å²) in [5, 5.41) is 2.82. The molecule has 0 saturated heterocycles. The summed E-state index contributed by atoms with van der Waals surface area (Å²) in [6.45, 7) is 6.54. The third-order valence-electron chi connectivity index (χ3n) is 5.34. The monoisotopic (exact) mass is 391 g/mol. The van der Waals surface area contributed by atoms with Gasteiger partial charge in [0.05, 0.1) is 6.10 Å². The van der Waals surface area contributed by atoms with Crippen LogP contribution in [0.1, 0.15) is 38.5 Å². The Bertz CT molecular complexity index is 600. The fraction of sp³-hybridized carbons (Fsp3) is 0.591. The van der Waals surface area contributed by atoms with E-state index >= 15 is 0 Å². The highest BCUT2D eigenvalue weighted by atomic mass is 19.1. The lowest BCUT2D eigenvalue weighted by Gasteiger charge is -2.34. The first kappa shape index (κ1) is 22.4. The summed E-state index contributed by atoms with van der Waals surface area (Å²) in [4.78, 5) is 16.4. The van der Waals surface area contributed by atoms with Crippen LogP contribution in [-0.4, -0.2) is 61.8 Å². The molecule has 1 fully saturated rings. The molecule has 1 aromatic carbocycles. The second kappa shape index (κ2) is 11.8. The number of hydrogen-bond donors (Lipinski definition) is 1. The van der Waals surface area contributed by atoms with Crippen molar-refractivity contribution in [2.45, 2.75) is 50.7 Å². The maximum atomic E-state index is 13.0. The smallest absolute Gasteiger partial charge is 0.321 e. The van der Waals surface area contributed by atoms with Crippen LogP contribution >= 0.6 is 0 Å². The van der Waals surface area contributed by atoms with Gasteiger partial charge in [-0.25, -0.2) is 9.18 Å². The predicted molar refractivity (Wildman–Crippen MR) is 112 cm³/mol. The third kappa shape index (κ3) is 7.60. The van der Waals surface area contributed by atoms with Gasteiger partial charge < -0.3 is 19.9 Å². The molecule has 1 saturated carbocycles. The minimum Gasteiger partial charge on any atom is -0.378 e. The van der Waals surface area contributed by atoms with E-state index in [4.69, 9.17) is 4.74 Å². The highest BCUT2D eigenvalue weighted by Crippen LogP contribution is 2.25. The lowest BCUT2D eigenvalue weighted by Crippen LogP contribution is -2.42. The molecule has 0 bridgehead atoms. The van der Waals surface area contributed by atoms with Crippen molar-refractivity contribution in [3.05, 3.63) is 42.7 Å². The molecule has 0 radical (unpaired) electrons. The van der Waals surface area contributed by atoms with Crippen LogP contribution in [0.3, 0.4) is 0 Å². The minimum atomic E-state index is -0.312. The Kier molecular flexibility index (Phi) is 9.44. The van der Waals surface area contributed by atoms with Gasteiger partial charge in [0.25, 0.3) is 0 Å². The number of unbranched alkanes of at least 4 members (excludes halogenated alkanes) is 1. The van der Waals surface area contributed by atoms with E-state index in [1.165, 1.54) is 12.1 Å². The summed E-state index contributed by atoms with van der Waals surface area (Å²) in [6.07, 6.45) is 8.28. The second-order valence-electron chi connectivity index (χ2n) is 7.61. The van der Waals surface area contributed by atoms with E-state index in [1.807, 2.05) is 13.1 Å². The summed E-state index contributed by atoms with van der Waals surface area (Å²) < 4.78 is 19.0. The third-order valence-corrected chi connectivity index (χ3v) is 5.34. The van der Waals surface area contributed by atoms with Crippen LogP contribution in [0.5, 0.6) is 0 Å². The van der Waals surface area contributed by atoms with Gasteiger partial charge in [0, 0.05) is 31.9 Å². The SMILES string of the molecule is C=CCN(C)CCCCOC1CCC(N(C)C(=O)Nc2ccc(F)cc2)CC1. The van der Waals surface area contributed by atoms with Crippen molar-refractivity contribution >= 4 is 11.7 Å². The number of anilines is 1. The predicted octanol–water partition coefficient (Wildman–Crippen LogP) is 4.52. The van der Waals surface area contributed by atoms with Gasteiger partial charge in [-0.15, -0.1) is 6.58 Å². The first-order valence-corrected chi connectivity index (χ1v) is 10.2. The number of carbonyl (C=O) groups is 1. The van der Waals surface area contributed by atoms with E-state index in [9.17, 15) is 9.18 Å². The zero-order valence-electron chi connectivity index (χ0n) is 17.2. The Labute approximate surface area is 168 Å². The number of amides is 2. The van der Waals surface area contributed by atoms with Crippen molar-refractivity contribution in [3.63, 3.8) is 0 Å². The molecule has 0 aliphatic heterocycles. The molecule has 2 rings (SSSR count). The quantitative estimate of drug-likeness (QED) is 0.471. The molecule has 1 aliphatic rings. The largest absolute Gasteiger partial charge is 0.378 e. The van der Waals surface area contributed by atoms with Crippen LogP contribution in [-0.2, 0) is 4.74 Å². The zero-order valence-corrected chi connectivity index (χ0v) is 17.2. The summed E-state index contributed by atoms with van der Waals surface area (Å²) in [5.41, 5.74) is 0.606. The molecule has 0 spiro atoms. The van der Waals surface area contributed by atoms with Crippen LogP contribution in [0.15, 0.2) is 36.9 Å². The highest BCUT2D eigenvalue weighted by Gasteiger charge is 2.27. The topological polar surface area (TPSA) is 44.8 Å². The number of hydrogen-bond acceptors (Lipinski definition) is 3. The normalized spacial score (nSPS) is 19.4. The Morgan fingerprint density at radius 2 is 1.89 bits per heavy atom. The fourth-order valence-electron chi connectivity index (χ4n) is 3.56. The average molecular weight is 392 g/mol. The number of ether oxygens (including phenoxy) is 1. The van der Waals surface area contributed by atoms with Crippen molar-refractivity contribution in [1.29, 1.82) is 0 Å². The van der Waals surface area contributed by atoms with Gasteiger partial charge in [-0.3, -0.25) is 0 Å². The van der Waals surface area contributed by atoms with Crippen LogP contribution in [0.25, 0.3) is 0 Å². The summed E-state index contributed by atoms with van der Waals surface area (Å²) in [7, 11) is 3.93. The number of rotatable bonds is 10. The highest BCUT2D eigenvalue weighted by molar-refractivity contribution is 5.89. The molecule has 1 aliphatic carbocycles. The number of carbonyl (C=O) groups excluding carboxylic acids is 1. The molecule has 0 atom stereocenters. The molecular formula is C22H34FN3O2. The summed E-state index contributed by atoms with van der Waals surface area (Å²) >= 11 is 0. The molecule has 1 aromatic rings. The van der Waals surface area contributed by atoms with Gasteiger partial charge in [0.15, 0.2) is 0 Å². The number of nitrogens with one attached hydrogen (secondary N) is 1. The van der Waals surface area contributed by atoms with Crippen LogP contribution < -0.4 is 5.32 Å². The van der Waals surface area contributed by atoms with Gasteiger partial charge in [0.2, 0.25) is 0 Å². The summed E-state index contributed by atoms with van der Waals surface area (Å²) in [5.74, 6) is -0.312. The molecular weight excluding hydrogens is 357 g/mol. The van der Waals surface area contributed by atoms with Crippen molar-refractivity contribution in [3.8, 4) is 0 Å². The Morgan fingerprint density at radius 3 is 2.54 bits per heavy atom. The van der Waals surface area contributed by atoms with Gasteiger partial charge in [-0.1, -0.05) is 6.08 Å². The van der Waals surface area contributed by atoms with Crippen molar-refractivity contribution in [1.82, 2.24) is 9.80 Å². The number of urea groups is 1. The Balaban J connectivity index is 1.62. The second-order valence-corrected chi connectivity index (χ2v) is 7.61. The van der Waals surface area contributed by atoms with Gasteiger partial charge in [-0.2, -0.15) is 0 Å². The van der Waals surface area contributed by atoms with E-state index in [-0.39, 0.29) is 17.9 Å². The molecule has 2 amide bonds. The van der Waals surface area contributed by atoms with E-state index in [0.717, 1.165) is 58.2 Å². The number of halogens is 1. The molecule has 5 nitrogen and oxygen atoms in total. The molecule has 28 heavy (non-hydrogen) atoms. The van der Waals surface area contributed by atoms with Gasteiger partial charge in [-0.05, 0) is 76.4 Å². The zero-order chi connectivity index (χ0) is 20.4. The summed E-state index contributed by atoms with van der Waals surface area (Å²) in [6, 6.07) is 5.89. The first-order chi connectivity index (χ1) is 13.5. The van der Waals surface area contributed by atoms with Gasteiger partial charge >= 0.3 is 6.03 Å². The lowest BCUT2D eigenvalue weighted by molar-refractivity contribution is 0.0127. The average Bonchev–Trinajstić information content (AvgIpc) is 2.69. The van der Waals surface area contributed by atoms with E-state index in [2.05, 4.69) is 23.8 Å². The van der Waals surface area contributed by atoms with Crippen LogP contribution in [0, 0.1) is 5.82 Å². The first-order valence-electron chi connectivity index (χ1n) is 10.2. The maximum absolute atomic E-state index is 13.0. The molecule has 1 N–H and O–H groups in total. The van der Waals surface area contributed by atoms with Crippen molar-refractivity contribution < 1.29 is 13.9 Å². The Morgan fingerprint density at radius 1 is 1.21 bits per heavy atom. The maximum Gasteiger partial charge on any atom is 0.321 e. The fourth-order valence-corrected chi connectivity index (χ4v) is 3.56. The van der Waals surface area contributed by atoms with Crippen LogP contribution in [0.2, 0.25) is 0 Å². The standard InChI is InChI=1S/C22H34FN3O2/c1-4-15-25(2)16-5-6-17-28-21-13-11-20(12-14-21)26(3)22(27)24-19-9-7-18(23)8-10-19/h4,7-10,20-21H,1,5-6,11-17H2,2-3H3,(H,24,27). The number of nitrogens with zero attached hydrogens (tertiary/aromatic N) is 2. The van der Waals surface area contributed by atoms with Crippen molar-refractivity contribution in [2.24, 2.45) is 0 Å². The molecule has 0 aromatic heterocycles. The Hall–Kier alpha value is -1.92. The van der Waals surface area contributed by atoms with E-state index < -0.39 is 0 Å². The van der Waals surface area contributed by atoms with Gasteiger partial charge in [0.1, 0.15) is 5.82 Å². The molecule has 0 heterocycles.